The number of alkyl halides is 3. The van der Waals surface area contributed by atoms with Gasteiger partial charge in [-0.3, -0.25) is 0 Å². The van der Waals surface area contributed by atoms with Crippen LogP contribution in [0.3, 0.4) is 0 Å². The van der Waals surface area contributed by atoms with Crippen molar-refractivity contribution in [3.8, 4) is 0 Å². The summed E-state index contributed by atoms with van der Waals surface area (Å²) in [7, 11) is 0. The largest absolute Gasteiger partial charge is 0.411 e. The molecule has 0 rings (SSSR count). The van der Waals surface area contributed by atoms with Crippen LogP contribution in [0.1, 0.15) is 0 Å². The minimum atomic E-state index is -4.30. The van der Waals surface area contributed by atoms with Crippen molar-refractivity contribution in [2.24, 2.45) is 5.73 Å². The van der Waals surface area contributed by atoms with Gasteiger partial charge in [-0.2, -0.15) is 13.2 Å². The molecule has 0 aromatic carbocycles. The number of thiocarbonyl (C=S) groups is 1. The highest BCUT2D eigenvalue weighted by Crippen LogP contribution is 2.13. The Kier molecular flexibility index (Phi) is 3.59. The molecule has 0 spiro atoms. The Labute approximate surface area is 61.1 Å². The zero-order valence-corrected chi connectivity index (χ0v) is 5.76. The van der Waals surface area contributed by atoms with Gasteiger partial charge in [-0.1, -0.05) is 12.2 Å². The second-order valence-corrected chi connectivity index (χ2v) is 2.10. The van der Waals surface area contributed by atoms with E-state index < -0.39 is 12.8 Å². The van der Waals surface area contributed by atoms with Crippen LogP contribution in [0.2, 0.25) is 0 Å². The molecule has 0 saturated carbocycles. The number of hydrogen-bond donors (Lipinski definition) is 1. The minimum absolute atomic E-state index is 0.0794. The SMILES string of the molecule is NC(=S)COCC(F)(F)F. The average molecular weight is 173 g/mol. The Bertz CT molecular complexity index is 124. The average Bonchev–Trinajstić information content (AvgIpc) is 1.59. The van der Waals surface area contributed by atoms with Gasteiger partial charge in [0.2, 0.25) is 0 Å². The van der Waals surface area contributed by atoms with Crippen molar-refractivity contribution in [1.29, 1.82) is 0 Å². The van der Waals surface area contributed by atoms with Crippen LogP contribution in [0.5, 0.6) is 0 Å². The maximum atomic E-state index is 11.3. The van der Waals surface area contributed by atoms with Gasteiger partial charge in [0.15, 0.2) is 0 Å². The first kappa shape index (κ1) is 9.64. The lowest BCUT2D eigenvalue weighted by molar-refractivity contribution is -0.170. The summed E-state index contributed by atoms with van der Waals surface area (Å²) in [5.41, 5.74) is 4.86. The highest BCUT2D eigenvalue weighted by atomic mass is 32.1. The highest BCUT2D eigenvalue weighted by molar-refractivity contribution is 7.80. The molecule has 0 heterocycles. The van der Waals surface area contributed by atoms with E-state index in [-0.39, 0.29) is 11.6 Å². The first-order valence-electron chi connectivity index (χ1n) is 2.34. The molecule has 0 aliphatic carbocycles. The van der Waals surface area contributed by atoms with E-state index in [1.54, 1.807) is 0 Å². The molecule has 2 nitrogen and oxygen atoms in total. The Hall–Kier alpha value is -0.360. The number of nitrogens with two attached hydrogens (primary N) is 1. The predicted octanol–water partition coefficient (Wildman–Crippen LogP) is 0.851. The molecule has 0 saturated heterocycles. The molecule has 0 radical (unpaired) electrons. The summed E-state index contributed by atoms with van der Waals surface area (Å²) in [6.45, 7) is -1.63. The lowest BCUT2D eigenvalue weighted by Gasteiger charge is -2.05. The van der Waals surface area contributed by atoms with Crippen molar-refractivity contribution in [1.82, 2.24) is 0 Å². The van der Waals surface area contributed by atoms with Crippen molar-refractivity contribution >= 4 is 17.2 Å². The molecule has 10 heavy (non-hydrogen) atoms. The Balaban J connectivity index is 3.29. The van der Waals surface area contributed by atoms with Crippen LogP contribution in [-0.4, -0.2) is 24.4 Å². The second kappa shape index (κ2) is 3.72. The van der Waals surface area contributed by atoms with Crippen molar-refractivity contribution in [2.75, 3.05) is 13.2 Å². The number of hydrogen-bond acceptors (Lipinski definition) is 2. The molecule has 0 bridgehead atoms. The van der Waals surface area contributed by atoms with Gasteiger partial charge in [-0.25, -0.2) is 0 Å². The van der Waals surface area contributed by atoms with Crippen LogP contribution < -0.4 is 5.73 Å². The van der Waals surface area contributed by atoms with Gasteiger partial charge in [-0.15, -0.1) is 0 Å². The molecule has 0 aromatic rings. The van der Waals surface area contributed by atoms with Crippen LogP contribution in [0.15, 0.2) is 0 Å². The smallest absolute Gasteiger partial charge is 0.391 e. The standard InChI is InChI=1S/C4H6F3NOS/c5-4(6,7)2-9-1-3(8)10/h1-2H2,(H2,8,10). The van der Waals surface area contributed by atoms with E-state index in [4.69, 9.17) is 5.73 Å². The molecule has 0 aliphatic rings. The lowest BCUT2D eigenvalue weighted by Crippen LogP contribution is -2.22. The maximum Gasteiger partial charge on any atom is 0.411 e. The van der Waals surface area contributed by atoms with E-state index in [0.717, 1.165) is 0 Å². The van der Waals surface area contributed by atoms with E-state index in [9.17, 15) is 13.2 Å². The first-order chi connectivity index (χ1) is 4.42. The van der Waals surface area contributed by atoms with Gasteiger partial charge in [-0.05, 0) is 0 Å². The van der Waals surface area contributed by atoms with Gasteiger partial charge in [0.25, 0.3) is 0 Å². The molecular weight excluding hydrogens is 167 g/mol. The van der Waals surface area contributed by atoms with Crippen LogP contribution >= 0.6 is 12.2 Å². The first-order valence-corrected chi connectivity index (χ1v) is 2.75. The zero-order chi connectivity index (χ0) is 8.20. The molecule has 0 atom stereocenters. The molecule has 0 aliphatic heterocycles. The zero-order valence-electron chi connectivity index (χ0n) is 4.94. The van der Waals surface area contributed by atoms with Gasteiger partial charge >= 0.3 is 6.18 Å². The number of rotatable bonds is 3. The third kappa shape index (κ3) is 7.64. The van der Waals surface area contributed by atoms with Crippen molar-refractivity contribution in [3.63, 3.8) is 0 Å². The van der Waals surface area contributed by atoms with Crippen molar-refractivity contribution in [3.05, 3.63) is 0 Å². The summed E-state index contributed by atoms with van der Waals surface area (Å²) in [6, 6.07) is 0. The van der Waals surface area contributed by atoms with Crippen LogP contribution in [0.4, 0.5) is 13.2 Å². The second-order valence-electron chi connectivity index (χ2n) is 1.57. The van der Waals surface area contributed by atoms with Crippen LogP contribution in [0, 0.1) is 0 Å². The fourth-order valence-electron chi connectivity index (χ4n) is 0.267. The summed E-state index contributed by atoms with van der Waals surface area (Å²) in [5, 5.41) is 0. The quantitative estimate of drug-likeness (QED) is 0.642. The molecule has 0 fully saturated rings. The third-order valence-corrected chi connectivity index (χ3v) is 0.628. The monoisotopic (exact) mass is 173 g/mol. The molecule has 0 unspecified atom stereocenters. The normalized spacial score (nSPS) is 11.5. The van der Waals surface area contributed by atoms with E-state index in [1.807, 2.05) is 0 Å². The summed E-state index contributed by atoms with van der Waals surface area (Å²) in [5.74, 6) is 0. The molecule has 6 heteroatoms. The van der Waals surface area contributed by atoms with Crippen LogP contribution in [-0.2, 0) is 4.74 Å². The summed E-state index contributed by atoms with van der Waals surface area (Å²) in [6.07, 6.45) is -4.30. The molecular formula is C4H6F3NOS. The Morgan fingerprint density at radius 1 is 1.50 bits per heavy atom. The lowest BCUT2D eigenvalue weighted by atomic mass is 10.7. The minimum Gasteiger partial charge on any atom is -0.391 e. The van der Waals surface area contributed by atoms with E-state index in [0.29, 0.717) is 0 Å². The van der Waals surface area contributed by atoms with Gasteiger partial charge in [0.1, 0.15) is 6.61 Å². The molecule has 60 valence electrons. The van der Waals surface area contributed by atoms with Crippen molar-refractivity contribution in [2.45, 2.75) is 6.18 Å². The van der Waals surface area contributed by atoms with Crippen LogP contribution in [0.25, 0.3) is 0 Å². The number of ether oxygens (including phenoxy) is 1. The maximum absolute atomic E-state index is 11.3. The molecule has 0 aromatic heterocycles. The summed E-state index contributed by atoms with van der Waals surface area (Å²) in [4.78, 5) is -0.0794. The summed E-state index contributed by atoms with van der Waals surface area (Å²) < 4.78 is 38.0. The topological polar surface area (TPSA) is 35.2 Å². The predicted molar refractivity (Wildman–Crippen MR) is 33.7 cm³/mol. The Morgan fingerprint density at radius 3 is 2.30 bits per heavy atom. The van der Waals surface area contributed by atoms with Gasteiger partial charge in [0, 0.05) is 0 Å². The fourth-order valence-corrected chi connectivity index (χ4v) is 0.351. The number of halogens is 3. The third-order valence-electron chi connectivity index (χ3n) is 0.510. The summed E-state index contributed by atoms with van der Waals surface area (Å²) >= 11 is 4.27. The van der Waals surface area contributed by atoms with E-state index in [2.05, 4.69) is 17.0 Å². The van der Waals surface area contributed by atoms with E-state index in [1.165, 1.54) is 0 Å². The molecule has 2 N–H and O–H groups in total. The van der Waals surface area contributed by atoms with E-state index >= 15 is 0 Å². The fraction of sp³-hybridized carbons (Fsp3) is 0.750. The highest BCUT2D eigenvalue weighted by Gasteiger charge is 2.27. The molecule has 0 amide bonds. The van der Waals surface area contributed by atoms with Gasteiger partial charge in [0.05, 0.1) is 11.6 Å². The van der Waals surface area contributed by atoms with Crippen molar-refractivity contribution < 1.29 is 17.9 Å². The Morgan fingerprint density at radius 2 is 2.00 bits per heavy atom. The van der Waals surface area contributed by atoms with Gasteiger partial charge < -0.3 is 10.5 Å².